The number of carbonyl (C=O) groups excluding carboxylic acids is 1. The first-order chi connectivity index (χ1) is 9.17. The van der Waals surface area contributed by atoms with Crippen molar-refractivity contribution in [1.29, 1.82) is 0 Å². The number of rotatable bonds is 7. The van der Waals surface area contributed by atoms with Crippen LogP contribution in [0.5, 0.6) is 0 Å². The van der Waals surface area contributed by atoms with Crippen molar-refractivity contribution in [3.63, 3.8) is 0 Å². The van der Waals surface area contributed by atoms with Crippen LogP contribution in [0.25, 0.3) is 0 Å². The molecule has 1 aliphatic rings. The molecule has 0 aromatic heterocycles. The summed E-state index contributed by atoms with van der Waals surface area (Å²) < 4.78 is 5.63. The third-order valence-electron chi connectivity index (χ3n) is 4.41. The molecular weight excluding hydrogens is 254 g/mol. The van der Waals surface area contributed by atoms with E-state index in [1.54, 1.807) is 0 Å². The molecule has 1 rings (SSSR count). The Morgan fingerprint density at radius 3 is 2.50 bits per heavy atom. The quantitative estimate of drug-likeness (QED) is 0.735. The van der Waals surface area contributed by atoms with Gasteiger partial charge >= 0.3 is 0 Å². The van der Waals surface area contributed by atoms with Crippen LogP contribution in [0.2, 0.25) is 0 Å². The molecule has 3 N–H and O–H groups in total. The van der Waals surface area contributed by atoms with Gasteiger partial charge in [0.25, 0.3) is 0 Å². The van der Waals surface area contributed by atoms with Crippen molar-refractivity contribution in [2.24, 2.45) is 5.73 Å². The molecule has 0 aromatic carbocycles. The molecule has 0 bridgehead atoms. The van der Waals surface area contributed by atoms with Gasteiger partial charge in [0.1, 0.15) is 0 Å². The molecule has 0 aliphatic carbocycles. The van der Waals surface area contributed by atoms with Gasteiger partial charge in [-0.1, -0.05) is 0 Å². The Balaban J connectivity index is 2.70. The molecule has 1 heterocycles. The standard InChI is InChI=1S/C15H31N3O2/c1-10(2)17-15(5,14(16)19)9-11(3)18(6)13-7-8-20-12(13)4/h10-13,17H,7-9H2,1-6H3,(H2,16,19). The molecule has 118 valence electrons. The molecule has 0 spiro atoms. The smallest absolute Gasteiger partial charge is 0.237 e. The van der Waals surface area contributed by atoms with Gasteiger partial charge in [-0.05, 0) is 54.5 Å². The highest BCUT2D eigenvalue weighted by molar-refractivity contribution is 5.84. The zero-order chi connectivity index (χ0) is 15.5. The van der Waals surface area contributed by atoms with Gasteiger partial charge in [0, 0.05) is 24.7 Å². The maximum absolute atomic E-state index is 11.8. The van der Waals surface area contributed by atoms with E-state index >= 15 is 0 Å². The van der Waals surface area contributed by atoms with Gasteiger partial charge < -0.3 is 15.8 Å². The molecule has 0 radical (unpaired) electrons. The zero-order valence-corrected chi connectivity index (χ0v) is 13.8. The molecule has 5 nitrogen and oxygen atoms in total. The largest absolute Gasteiger partial charge is 0.377 e. The molecule has 4 unspecified atom stereocenters. The lowest BCUT2D eigenvalue weighted by atomic mass is 9.90. The lowest BCUT2D eigenvalue weighted by Crippen LogP contribution is -2.58. The summed E-state index contributed by atoms with van der Waals surface area (Å²) in [6, 6.07) is 0.896. The van der Waals surface area contributed by atoms with Crippen molar-refractivity contribution in [3.8, 4) is 0 Å². The number of ether oxygens (including phenoxy) is 1. The first kappa shape index (κ1) is 17.4. The molecule has 20 heavy (non-hydrogen) atoms. The predicted molar refractivity (Wildman–Crippen MR) is 81.5 cm³/mol. The maximum atomic E-state index is 11.8. The van der Waals surface area contributed by atoms with Crippen molar-refractivity contribution in [1.82, 2.24) is 10.2 Å². The summed E-state index contributed by atoms with van der Waals surface area (Å²) in [6.45, 7) is 11.0. The number of nitrogens with one attached hydrogen (secondary N) is 1. The van der Waals surface area contributed by atoms with Crippen LogP contribution in [-0.4, -0.2) is 54.2 Å². The average Bonchev–Trinajstić information content (AvgIpc) is 2.72. The topological polar surface area (TPSA) is 67.6 Å². The van der Waals surface area contributed by atoms with Gasteiger partial charge in [-0.25, -0.2) is 0 Å². The molecule has 4 atom stereocenters. The second-order valence-electron chi connectivity index (χ2n) is 6.65. The van der Waals surface area contributed by atoms with Crippen molar-refractivity contribution in [2.45, 2.75) is 77.2 Å². The molecule has 5 heteroatoms. The third-order valence-corrected chi connectivity index (χ3v) is 4.41. The number of amides is 1. The molecule has 1 aliphatic heterocycles. The lowest BCUT2D eigenvalue weighted by Gasteiger charge is -2.38. The monoisotopic (exact) mass is 285 g/mol. The Morgan fingerprint density at radius 1 is 1.50 bits per heavy atom. The normalized spacial score (nSPS) is 27.8. The fraction of sp³-hybridized carbons (Fsp3) is 0.933. The average molecular weight is 285 g/mol. The number of carbonyl (C=O) groups is 1. The number of nitrogens with two attached hydrogens (primary N) is 1. The van der Waals surface area contributed by atoms with Gasteiger partial charge in [-0.2, -0.15) is 0 Å². The summed E-state index contributed by atoms with van der Waals surface area (Å²) in [5, 5.41) is 3.31. The third kappa shape index (κ3) is 4.17. The summed E-state index contributed by atoms with van der Waals surface area (Å²) in [5.41, 5.74) is 4.93. The van der Waals surface area contributed by atoms with E-state index in [-0.39, 0.29) is 24.1 Å². The van der Waals surface area contributed by atoms with Gasteiger partial charge in [0.05, 0.1) is 11.6 Å². The second-order valence-corrected chi connectivity index (χ2v) is 6.65. The number of hydrogen-bond donors (Lipinski definition) is 2. The van der Waals surface area contributed by atoms with E-state index in [0.717, 1.165) is 13.0 Å². The Hall–Kier alpha value is -0.650. The van der Waals surface area contributed by atoms with Crippen LogP contribution >= 0.6 is 0 Å². The first-order valence-corrected chi connectivity index (χ1v) is 7.58. The zero-order valence-electron chi connectivity index (χ0n) is 13.8. The van der Waals surface area contributed by atoms with Gasteiger partial charge in [0.2, 0.25) is 5.91 Å². The fourth-order valence-electron chi connectivity index (χ4n) is 3.18. The molecule has 0 saturated carbocycles. The summed E-state index contributed by atoms with van der Waals surface area (Å²) in [4.78, 5) is 14.1. The van der Waals surface area contributed by atoms with E-state index in [1.807, 2.05) is 20.8 Å². The Labute approximate surface area is 123 Å². The number of hydrogen-bond acceptors (Lipinski definition) is 4. The highest BCUT2D eigenvalue weighted by Gasteiger charge is 2.37. The van der Waals surface area contributed by atoms with Gasteiger partial charge in [0.15, 0.2) is 0 Å². The lowest BCUT2D eigenvalue weighted by molar-refractivity contribution is -0.125. The summed E-state index contributed by atoms with van der Waals surface area (Å²) >= 11 is 0. The minimum absolute atomic E-state index is 0.221. The van der Waals surface area contributed by atoms with Crippen LogP contribution in [0.3, 0.4) is 0 Å². The molecule has 1 fully saturated rings. The Bertz CT molecular complexity index is 335. The van der Waals surface area contributed by atoms with Crippen LogP contribution in [-0.2, 0) is 9.53 Å². The Morgan fingerprint density at radius 2 is 2.10 bits per heavy atom. The van der Waals surface area contributed by atoms with Crippen molar-refractivity contribution in [3.05, 3.63) is 0 Å². The SMILES string of the molecule is CC(C)NC(C)(CC(C)N(C)C1CCOC1C)C(N)=O. The highest BCUT2D eigenvalue weighted by atomic mass is 16.5. The van der Waals surface area contributed by atoms with Crippen LogP contribution in [0.4, 0.5) is 0 Å². The predicted octanol–water partition coefficient (Wildman–Crippen LogP) is 1.12. The van der Waals surface area contributed by atoms with E-state index < -0.39 is 5.54 Å². The number of primary amides is 1. The van der Waals surface area contributed by atoms with E-state index in [4.69, 9.17) is 10.5 Å². The van der Waals surface area contributed by atoms with Crippen molar-refractivity contribution >= 4 is 5.91 Å². The molecule has 0 aromatic rings. The summed E-state index contributed by atoms with van der Waals surface area (Å²) in [6.07, 6.45) is 1.99. The first-order valence-electron chi connectivity index (χ1n) is 7.58. The van der Waals surface area contributed by atoms with Crippen molar-refractivity contribution in [2.75, 3.05) is 13.7 Å². The molecule has 1 amide bonds. The van der Waals surface area contributed by atoms with E-state index in [9.17, 15) is 4.79 Å². The van der Waals surface area contributed by atoms with Gasteiger partial charge in [-0.3, -0.25) is 9.69 Å². The van der Waals surface area contributed by atoms with E-state index in [1.165, 1.54) is 0 Å². The van der Waals surface area contributed by atoms with Crippen LogP contribution in [0.15, 0.2) is 0 Å². The van der Waals surface area contributed by atoms with E-state index in [2.05, 4.69) is 31.1 Å². The van der Waals surface area contributed by atoms with Gasteiger partial charge in [-0.15, -0.1) is 0 Å². The number of nitrogens with zero attached hydrogens (tertiary/aromatic N) is 1. The summed E-state index contributed by atoms with van der Waals surface area (Å²) in [7, 11) is 2.11. The van der Waals surface area contributed by atoms with Crippen LogP contribution in [0.1, 0.15) is 47.5 Å². The van der Waals surface area contributed by atoms with Crippen LogP contribution in [0, 0.1) is 0 Å². The second kappa shape index (κ2) is 6.87. The number of likely N-dealkylation sites (N-methyl/N-ethyl adjacent to an activating group) is 1. The summed E-state index contributed by atoms with van der Waals surface area (Å²) in [5.74, 6) is -0.290. The highest BCUT2D eigenvalue weighted by Crippen LogP contribution is 2.24. The molecule has 1 saturated heterocycles. The Kier molecular flexibility index (Phi) is 5.98. The minimum Gasteiger partial charge on any atom is -0.377 e. The van der Waals surface area contributed by atoms with Crippen molar-refractivity contribution < 1.29 is 9.53 Å². The molecular formula is C15H31N3O2. The minimum atomic E-state index is -0.676. The van der Waals surface area contributed by atoms with E-state index in [0.29, 0.717) is 12.5 Å². The van der Waals surface area contributed by atoms with Crippen LogP contribution < -0.4 is 11.1 Å². The maximum Gasteiger partial charge on any atom is 0.237 e. The fourth-order valence-corrected chi connectivity index (χ4v) is 3.18.